The topological polar surface area (TPSA) is 50.9 Å². The van der Waals surface area contributed by atoms with Crippen LogP contribution in [0.5, 0.6) is 0 Å². The molecule has 0 radical (unpaired) electrons. The predicted octanol–water partition coefficient (Wildman–Crippen LogP) is 2.72. The van der Waals surface area contributed by atoms with Crippen molar-refractivity contribution in [2.24, 2.45) is 23.6 Å². The number of hydrogen-bond acceptors (Lipinski definition) is 3. The largest absolute Gasteiger partial charge is 0.271 e. The second-order valence-electron chi connectivity index (χ2n) is 6.12. The average molecular weight is 245 g/mol. The van der Waals surface area contributed by atoms with Gasteiger partial charge in [0.1, 0.15) is 0 Å². The molecule has 2 bridgehead atoms. The fraction of sp³-hybridized carbons (Fsp3) is 0.667. The van der Waals surface area contributed by atoms with Gasteiger partial charge in [-0.05, 0) is 67.6 Å². The van der Waals surface area contributed by atoms with Crippen LogP contribution in [0.1, 0.15) is 49.3 Å². The first-order valence-corrected chi connectivity index (χ1v) is 7.14. The number of hydrogen-bond donors (Lipinski definition) is 2. The van der Waals surface area contributed by atoms with E-state index in [4.69, 9.17) is 5.84 Å². The van der Waals surface area contributed by atoms with Crippen LogP contribution in [-0.2, 0) is 0 Å². The normalized spacial score (nSPS) is 31.8. The Morgan fingerprint density at radius 2 is 2.33 bits per heavy atom. The molecule has 4 atom stereocenters. The molecule has 2 aliphatic rings. The molecule has 3 rings (SSSR count). The zero-order valence-electron chi connectivity index (χ0n) is 11.1. The quantitative estimate of drug-likeness (QED) is 0.633. The van der Waals surface area contributed by atoms with E-state index in [1.165, 1.54) is 43.2 Å². The highest BCUT2D eigenvalue weighted by Crippen LogP contribution is 2.50. The summed E-state index contributed by atoms with van der Waals surface area (Å²) >= 11 is 0. The van der Waals surface area contributed by atoms with Crippen LogP contribution in [0, 0.1) is 24.7 Å². The number of aryl methyl sites for hydroxylation is 1. The summed E-state index contributed by atoms with van der Waals surface area (Å²) in [5.74, 6) is 8.61. The van der Waals surface area contributed by atoms with Crippen LogP contribution in [0.15, 0.2) is 18.5 Å². The Hall–Kier alpha value is -0.930. The molecule has 3 nitrogen and oxygen atoms in total. The van der Waals surface area contributed by atoms with Gasteiger partial charge in [-0.2, -0.15) is 0 Å². The van der Waals surface area contributed by atoms with Crippen molar-refractivity contribution in [1.29, 1.82) is 0 Å². The molecular formula is C15H23N3. The molecule has 2 fully saturated rings. The second kappa shape index (κ2) is 4.98. The number of nitrogens with two attached hydrogens (primary N) is 1. The lowest BCUT2D eigenvalue weighted by molar-refractivity contribution is 0.279. The molecule has 0 spiro atoms. The maximum absolute atomic E-state index is 5.77. The third-order valence-corrected chi connectivity index (χ3v) is 5.08. The summed E-state index contributed by atoms with van der Waals surface area (Å²) in [5, 5.41) is 0. The van der Waals surface area contributed by atoms with Crippen LogP contribution in [0.2, 0.25) is 0 Å². The standard InChI is InChI=1S/C15H23N3/c1-10-4-5-17-9-14(10)15(18-16)8-13-7-11-2-3-12(13)6-11/h4-5,9,11-13,15,18H,2-3,6-8,16H2,1H3. The third kappa shape index (κ3) is 2.17. The first-order chi connectivity index (χ1) is 8.78. The number of rotatable bonds is 4. The maximum atomic E-state index is 5.77. The van der Waals surface area contributed by atoms with Gasteiger partial charge >= 0.3 is 0 Å². The Labute approximate surface area is 109 Å². The smallest absolute Gasteiger partial charge is 0.0480 e. The summed E-state index contributed by atoms with van der Waals surface area (Å²) in [6.45, 7) is 2.14. The van der Waals surface area contributed by atoms with Gasteiger partial charge in [-0.3, -0.25) is 16.3 Å². The van der Waals surface area contributed by atoms with E-state index >= 15 is 0 Å². The summed E-state index contributed by atoms with van der Waals surface area (Å²) in [6, 6.07) is 2.34. The van der Waals surface area contributed by atoms with Crippen molar-refractivity contribution in [3.63, 3.8) is 0 Å². The molecule has 1 heterocycles. The zero-order valence-corrected chi connectivity index (χ0v) is 11.1. The van der Waals surface area contributed by atoms with E-state index in [0.717, 1.165) is 17.8 Å². The Bertz CT molecular complexity index is 418. The van der Waals surface area contributed by atoms with Crippen LogP contribution in [0.25, 0.3) is 0 Å². The van der Waals surface area contributed by atoms with Crippen LogP contribution >= 0.6 is 0 Å². The lowest BCUT2D eigenvalue weighted by Gasteiger charge is -2.27. The van der Waals surface area contributed by atoms with Gasteiger partial charge in [0, 0.05) is 18.4 Å². The van der Waals surface area contributed by atoms with Gasteiger partial charge in [-0.15, -0.1) is 0 Å². The summed E-state index contributed by atoms with van der Waals surface area (Å²) in [4.78, 5) is 4.24. The highest BCUT2D eigenvalue weighted by Gasteiger charge is 2.40. The lowest BCUT2D eigenvalue weighted by atomic mass is 9.82. The number of fused-ring (bicyclic) bond motifs is 2. The highest BCUT2D eigenvalue weighted by atomic mass is 15.2. The molecule has 2 aliphatic carbocycles. The SMILES string of the molecule is Cc1ccncc1C(CC1CC2CCC1C2)NN. The van der Waals surface area contributed by atoms with Gasteiger partial charge in [0.25, 0.3) is 0 Å². The summed E-state index contributed by atoms with van der Waals surface area (Å²) < 4.78 is 0. The predicted molar refractivity (Wildman–Crippen MR) is 72.6 cm³/mol. The molecule has 18 heavy (non-hydrogen) atoms. The molecule has 98 valence electrons. The summed E-state index contributed by atoms with van der Waals surface area (Å²) in [7, 11) is 0. The van der Waals surface area contributed by atoms with Crippen molar-refractivity contribution < 1.29 is 0 Å². The molecule has 0 aromatic carbocycles. The molecular weight excluding hydrogens is 222 g/mol. The fourth-order valence-corrected chi connectivity index (χ4v) is 4.09. The van der Waals surface area contributed by atoms with E-state index < -0.39 is 0 Å². The van der Waals surface area contributed by atoms with Gasteiger partial charge in [-0.1, -0.05) is 6.42 Å². The van der Waals surface area contributed by atoms with Crippen molar-refractivity contribution in [3.05, 3.63) is 29.6 Å². The molecule has 1 aromatic heterocycles. The van der Waals surface area contributed by atoms with E-state index in [2.05, 4.69) is 23.4 Å². The van der Waals surface area contributed by atoms with E-state index in [1.54, 1.807) is 0 Å². The molecule has 3 heteroatoms. The Morgan fingerprint density at radius 1 is 1.44 bits per heavy atom. The van der Waals surface area contributed by atoms with Crippen molar-refractivity contribution >= 4 is 0 Å². The van der Waals surface area contributed by atoms with Crippen molar-refractivity contribution in [2.75, 3.05) is 0 Å². The number of aromatic nitrogens is 1. The van der Waals surface area contributed by atoms with Crippen LogP contribution in [0.4, 0.5) is 0 Å². The number of nitrogens with zero attached hydrogens (tertiary/aromatic N) is 1. The van der Waals surface area contributed by atoms with E-state index in [9.17, 15) is 0 Å². The molecule has 3 N–H and O–H groups in total. The Balaban J connectivity index is 1.72. The van der Waals surface area contributed by atoms with Gasteiger partial charge in [-0.25, -0.2) is 0 Å². The van der Waals surface area contributed by atoms with E-state index in [0.29, 0.717) is 0 Å². The van der Waals surface area contributed by atoms with Gasteiger partial charge in [0.2, 0.25) is 0 Å². The second-order valence-corrected chi connectivity index (χ2v) is 6.12. The monoisotopic (exact) mass is 245 g/mol. The summed E-state index contributed by atoms with van der Waals surface area (Å²) in [6.07, 6.45) is 10.8. The first kappa shape index (κ1) is 12.1. The number of nitrogens with one attached hydrogen (secondary N) is 1. The van der Waals surface area contributed by atoms with Crippen molar-refractivity contribution in [2.45, 2.75) is 45.1 Å². The maximum Gasteiger partial charge on any atom is 0.0480 e. The van der Waals surface area contributed by atoms with Crippen molar-refractivity contribution in [3.8, 4) is 0 Å². The van der Waals surface area contributed by atoms with Gasteiger partial charge in [0.05, 0.1) is 0 Å². The lowest BCUT2D eigenvalue weighted by Crippen LogP contribution is -2.31. The van der Waals surface area contributed by atoms with Crippen molar-refractivity contribution in [1.82, 2.24) is 10.4 Å². The molecule has 0 saturated heterocycles. The Morgan fingerprint density at radius 3 is 2.94 bits per heavy atom. The molecule has 0 aliphatic heterocycles. The highest BCUT2D eigenvalue weighted by molar-refractivity contribution is 5.25. The average Bonchev–Trinajstić information content (AvgIpc) is 2.99. The minimum Gasteiger partial charge on any atom is -0.271 e. The Kier molecular flexibility index (Phi) is 3.35. The van der Waals surface area contributed by atoms with Gasteiger partial charge in [0.15, 0.2) is 0 Å². The number of pyridine rings is 1. The van der Waals surface area contributed by atoms with Crippen LogP contribution < -0.4 is 11.3 Å². The van der Waals surface area contributed by atoms with Crippen LogP contribution in [0.3, 0.4) is 0 Å². The molecule has 2 saturated carbocycles. The van der Waals surface area contributed by atoms with E-state index in [-0.39, 0.29) is 6.04 Å². The fourth-order valence-electron chi connectivity index (χ4n) is 4.09. The first-order valence-electron chi connectivity index (χ1n) is 7.14. The third-order valence-electron chi connectivity index (χ3n) is 5.08. The molecule has 1 aromatic rings. The molecule has 0 amide bonds. The number of hydrazine groups is 1. The zero-order chi connectivity index (χ0) is 12.5. The minimum atomic E-state index is 0.267. The van der Waals surface area contributed by atoms with E-state index in [1.807, 2.05) is 12.4 Å². The summed E-state index contributed by atoms with van der Waals surface area (Å²) in [5.41, 5.74) is 5.56. The van der Waals surface area contributed by atoms with Crippen LogP contribution in [-0.4, -0.2) is 4.98 Å². The van der Waals surface area contributed by atoms with Gasteiger partial charge < -0.3 is 0 Å². The minimum absolute atomic E-state index is 0.267. The molecule has 4 unspecified atom stereocenters.